The summed E-state index contributed by atoms with van der Waals surface area (Å²) in [6.07, 6.45) is 18.5. The first-order valence-electron chi connectivity index (χ1n) is 9.35. The van der Waals surface area contributed by atoms with Gasteiger partial charge in [0.2, 0.25) is 6.29 Å². The average Bonchev–Trinajstić information content (AvgIpc) is 2.49. The van der Waals surface area contributed by atoms with Crippen LogP contribution in [-0.2, 0) is 9.53 Å². The predicted molar refractivity (Wildman–Crippen MR) is 93.5 cm³/mol. The Labute approximate surface area is 138 Å². The molecule has 128 valence electrons. The maximum absolute atomic E-state index is 11.0. The average molecular weight is 309 g/mol. The molecule has 1 atom stereocenters. The predicted octanol–water partition coefficient (Wildman–Crippen LogP) is 5.65. The van der Waals surface area contributed by atoms with E-state index in [1.807, 2.05) is 0 Å². The molecule has 2 nitrogen and oxygen atoms in total. The number of rotatable bonds is 11. The lowest BCUT2D eigenvalue weighted by Crippen LogP contribution is -2.21. The molecule has 2 radical (unpaired) electrons. The van der Waals surface area contributed by atoms with Gasteiger partial charge in [-0.2, -0.15) is 0 Å². The summed E-state index contributed by atoms with van der Waals surface area (Å²) >= 11 is 0. The molecule has 1 aliphatic rings. The summed E-state index contributed by atoms with van der Waals surface area (Å²) in [5.41, 5.74) is 0.0654. The highest BCUT2D eigenvalue weighted by Gasteiger charge is 2.24. The Kier molecular flexibility index (Phi) is 10.0. The molecule has 0 spiro atoms. The van der Waals surface area contributed by atoms with E-state index in [9.17, 15) is 4.79 Å². The van der Waals surface area contributed by atoms with Crippen molar-refractivity contribution in [2.24, 2.45) is 11.3 Å². The van der Waals surface area contributed by atoms with E-state index in [2.05, 4.69) is 33.5 Å². The van der Waals surface area contributed by atoms with Crippen molar-refractivity contribution in [1.82, 2.24) is 0 Å². The second-order valence-electron chi connectivity index (χ2n) is 7.88. The fourth-order valence-corrected chi connectivity index (χ4v) is 3.14. The van der Waals surface area contributed by atoms with E-state index in [1.165, 1.54) is 57.8 Å². The van der Waals surface area contributed by atoms with Gasteiger partial charge in [0.15, 0.2) is 0 Å². The highest BCUT2D eigenvalue weighted by atomic mass is 16.5. The van der Waals surface area contributed by atoms with Crippen molar-refractivity contribution in [1.29, 1.82) is 0 Å². The second kappa shape index (κ2) is 11.2. The molecule has 2 heteroatoms. The van der Waals surface area contributed by atoms with E-state index in [0.29, 0.717) is 6.10 Å². The van der Waals surface area contributed by atoms with Crippen molar-refractivity contribution in [3.05, 3.63) is 6.42 Å². The number of unbranched alkanes of at least 4 members (excludes halogenated alkanes) is 5. The summed E-state index contributed by atoms with van der Waals surface area (Å²) in [7, 11) is 0. The second-order valence-corrected chi connectivity index (χ2v) is 7.88. The SMILES string of the molecule is CC(C)(C)C([C]=O)CCCCCCCCOC1CC[CH]CC1. The van der Waals surface area contributed by atoms with Crippen LogP contribution in [0.25, 0.3) is 0 Å². The van der Waals surface area contributed by atoms with Gasteiger partial charge in [-0.3, -0.25) is 4.79 Å². The van der Waals surface area contributed by atoms with Crippen LogP contribution >= 0.6 is 0 Å². The van der Waals surface area contributed by atoms with Crippen LogP contribution < -0.4 is 0 Å². The summed E-state index contributed by atoms with van der Waals surface area (Å²) in [4.78, 5) is 11.0. The molecule has 1 unspecified atom stereocenters. The van der Waals surface area contributed by atoms with Crippen molar-refractivity contribution in [2.45, 2.75) is 97.5 Å². The number of hydrogen-bond acceptors (Lipinski definition) is 2. The highest BCUT2D eigenvalue weighted by Crippen LogP contribution is 2.28. The molecule has 0 aromatic heterocycles. The van der Waals surface area contributed by atoms with E-state index in [-0.39, 0.29) is 11.3 Å². The number of carbonyl (C=O) groups excluding carboxylic acids is 1. The summed E-state index contributed by atoms with van der Waals surface area (Å²) in [5.74, 6) is 0.0913. The quantitative estimate of drug-likeness (QED) is 0.461. The van der Waals surface area contributed by atoms with Crippen LogP contribution in [-0.4, -0.2) is 19.0 Å². The first-order valence-corrected chi connectivity index (χ1v) is 9.35. The van der Waals surface area contributed by atoms with Gasteiger partial charge in [-0.05, 0) is 50.4 Å². The zero-order valence-electron chi connectivity index (χ0n) is 15.0. The lowest BCUT2D eigenvalue weighted by molar-refractivity contribution is 0.0325. The van der Waals surface area contributed by atoms with Gasteiger partial charge in [0, 0.05) is 12.5 Å². The Morgan fingerprint density at radius 2 is 1.64 bits per heavy atom. The Bertz CT molecular complexity index is 274. The summed E-state index contributed by atoms with van der Waals surface area (Å²) < 4.78 is 5.93. The van der Waals surface area contributed by atoms with Gasteiger partial charge in [-0.1, -0.05) is 52.9 Å². The van der Waals surface area contributed by atoms with E-state index in [0.717, 1.165) is 19.4 Å². The van der Waals surface area contributed by atoms with Crippen molar-refractivity contribution < 1.29 is 9.53 Å². The fraction of sp³-hybridized carbons (Fsp3) is 0.900. The molecule has 22 heavy (non-hydrogen) atoms. The van der Waals surface area contributed by atoms with Gasteiger partial charge < -0.3 is 4.74 Å². The molecule has 0 aliphatic heterocycles. The molecule has 1 fully saturated rings. The molecule has 1 aliphatic carbocycles. The lowest BCUT2D eigenvalue weighted by atomic mass is 9.79. The maximum Gasteiger partial charge on any atom is 0.202 e. The smallest absolute Gasteiger partial charge is 0.202 e. The van der Waals surface area contributed by atoms with Gasteiger partial charge in [-0.15, -0.1) is 0 Å². The summed E-state index contributed by atoms with van der Waals surface area (Å²) in [6.45, 7) is 7.34. The zero-order chi connectivity index (χ0) is 16.3. The summed E-state index contributed by atoms with van der Waals surface area (Å²) in [6, 6.07) is 0. The molecule has 1 saturated carbocycles. The first-order chi connectivity index (χ1) is 10.5. The molecule has 0 amide bonds. The third-order valence-corrected chi connectivity index (χ3v) is 4.81. The van der Waals surface area contributed by atoms with Crippen LogP contribution in [0.3, 0.4) is 0 Å². The molecular formula is C20H36O2. The van der Waals surface area contributed by atoms with Gasteiger partial charge in [0.05, 0.1) is 6.10 Å². The van der Waals surface area contributed by atoms with Crippen LogP contribution in [0.15, 0.2) is 0 Å². The molecule has 0 bridgehead atoms. The third-order valence-electron chi connectivity index (χ3n) is 4.81. The standard InChI is InChI=1S/C20H36O2/c1-20(2,3)18(17-21)13-9-6-4-5-7-12-16-22-19-14-10-8-11-15-19/h8,18-19H,4-7,9-16H2,1-3H3. The number of hydrogen-bond donors (Lipinski definition) is 0. The molecule has 0 saturated heterocycles. The van der Waals surface area contributed by atoms with Crippen LogP contribution in [0.5, 0.6) is 0 Å². The molecule has 1 rings (SSSR count). The zero-order valence-corrected chi connectivity index (χ0v) is 15.0. The Balaban J connectivity index is 1.88. The Hall–Kier alpha value is -0.370. The van der Waals surface area contributed by atoms with Crippen molar-refractivity contribution >= 4 is 6.29 Å². The van der Waals surface area contributed by atoms with Gasteiger partial charge in [-0.25, -0.2) is 0 Å². The van der Waals surface area contributed by atoms with Gasteiger partial charge in [0.1, 0.15) is 0 Å². The Morgan fingerprint density at radius 1 is 1.05 bits per heavy atom. The number of ether oxygens (including phenoxy) is 1. The maximum atomic E-state index is 11.0. The van der Waals surface area contributed by atoms with Crippen molar-refractivity contribution in [2.75, 3.05) is 6.61 Å². The highest BCUT2D eigenvalue weighted by molar-refractivity contribution is 5.55. The van der Waals surface area contributed by atoms with Crippen molar-refractivity contribution in [3.8, 4) is 0 Å². The van der Waals surface area contributed by atoms with Crippen LogP contribution in [0.1, 0.15) is 91.4 Å². The van der Waals surface area contributed by atoms with Crippen molar-refractivity contribution in [3.63, 3.8) is 0 Å². The summed E-state index contributed by atoms with van der Waals surface area (Å²) in [5, 5.41) is 0. The van der Waals surface area contributed by atoms with E-state index in [4.69, 9.17) is 4.74 Å². The molecule has 0 N–H and O–H groups in total. The normalized spacial score (nSPS) is 18.3. The van der Waals surface area contributed by atoms with Gasteiger partial charge in [0.25, 0.3) is 0 Å². The largest absolute Gasteiger partial charge is 0.378 e. The van der Waals surface area contributed by atoms with E-state index < -0.39 is 0 Å². The van der Waals surface area contributed by atoms with E-state index >= 15 is 0 Å². The minimum absolute atomic E-state index is 0.0654. The Morgan fingerprint density at radius 3 is 2.23 bits per heavy atom. The van der Waals surface area contributed by atoms with Gasteiger partial charge >= 0.3 is 0 Å². The molecule has 0 heterocycles. The van der Waals surface area contributed by atoms with Crippen LogP contribution in [0.4, 0.5) is 0 Å². The first kappa shape index (κ1) is 19.7. The molecule has 0 aromatic carbocycles. The monoisotopic (exact) mass is 308 g/mol. The van der Waals surface area contributed by atoms with Crippen LogP contribution in [0, 0.1) is 17.8 Å². The molecular weight excluding hydrogens is 272 g/mol. The molecule has 0 aromatic rings. The van der Waals surface area contributed by atoms with Crippen LogP contribution in [0.2, 0.25) is 0 Å². The van der Waals surface area contributed by atoms with E-state index in [1.54, 1.807) is 0 Å². The topological polar surface area (TPSA) is 26.3 Å². The fourth-order valence-electron chi connectivity index (χ4n) is 3.14. The minimum Gasteiger partial charge on any atom is -0.378 e. The third kappa shape index (κ3) is 8.92. The lowest BCUT2D eigenvalue weighted by Gasteiger charge is -2.25. The minimum atomic E-state index is 0.0654.